The number of nitrogens with zero attached hydrogens (tertiary/aromatic N) is 1. The zero-order valence-corrected chi connectivity index (χ0v) is 13.7. The average molecular weight is 309 g/mol. The highest BCUT2D eigenvalue weighted by atomic mass is 31.2. The van der Waals surface area contributed by atoms with Crippen molar-refractivity contribution in [2.75, 3.05) is 13.1 Å². The molecule has 0 amide bonds. The fourth-order valence-electron chi connectivity index (χ4n) is 1.34. The monoisotopic (exact) mass is 309 g/mol. The number of benzene rings is 1. The predicted molar refractivity (Wildman–Crippen MR) is 89.7 cm³/mol. The number of hydrogen-bond donors (Lipinski definition) is 0. The van der Waals surface area contributed by atoms with Gasteiger partial charge in [-0.1, -0.05) is 51.8 Å². The standard InChI is InChI=1S/C8H16NO2P.C8H8O/c1-5-9(6-2)12(10-7-3)11-8-4;1-2-9-8-6-4-3-5-7-8/h7-8H,3-6H2,1-2H3;2-7H,1H2. The van der Waals surface area contributed by atoms with E-state index in [1.54, 1.807) is 0 Å². The molecule has 0 heterocycles. The first-order valence-electron chi connectivity index (χ1n) is 6.66. The van der Waals surface area contributed by atoms with Gasteiger partial charge in [-0.15, -0.1) is 0 Å². The largest absolute Gasteiger partial charge is 0.466 e. The highest BCUT2D eigenvalue weighted by Gasteiger charge is 2.18. The number of ether oxygens (including phenoxy) is 1. The van der Waals surface area contributed by atoms with Gasteiger partial charge in [0.15, 0.2) is 0 Å². The summed E-state index contributed by atoms with van der Waals surface area (Å²) in [5.74, 6) is 0.826. The number of para-hydroxylation sites is 1. The third-order valence-corrected chi connectivity index (χ3v) is 3.94. The van der Waals surface area contributed by atoms with Crippen LogP contribution in [0, 0.1) is 0 Å². The van der Waals surface area contributed by atoms with Crippen LogP contribution in [0.1, 0.15) is 13.8 Å². The van der Waals surface area contributed by atoms with Crippen molar-refractivity contribution in [3.05, 3.63) is 68.9 Å². The summed E-state index contributed by atoms with van der Waals surface area (Å²) < 4.78 is 17.4. The molecule has 0 aliphatic carbocycles. The summed E-state index contributed by atoms with van der Waals surface area (Å²) in [5.41, 5.74) is 0. The van der Waals surface area contributed by atoms with E-state index in [4.69, 9.17) is 13.8 Å². The second-order valence-corrected chi connectivity index (χ2v) is 4.98. The van der Waals surface area contributed by atoms with Gasteiger partial charge < -0.3 is 13.8 Å². The van der Waals surface area contributed by atoms with E-state index < -0.39 is 8.53 Å². The fourth-order valence-corrected chi connectivity index (χ4v) is 2.37. The molecule has 0 saturated carbocycles. The van der Waals surface area contributed by atoms with Crippen LogP contribution in [0.15, 0.2) is 68.9 Å². The Hall–Kier alpha value is -1.77. The van der Waals surface area contributed by atoms with E-state index in [-0.39, 0.29) is 0 Å². The molecule has 1 rings (SSSR count). The van der Waals surface area contributed by atoms with Crippen LogP contribution in [0.25, 0.3) is 0 Å². The molecular weight excluding hydrogens is 285 g/mol. The van der Waals surface area contributed by atoms with Gasteiger partial charge in [0.1, 0.15) is 5.75 Å². The van der Waals surface area contributed by atoms with Gasteiger partial charge in [0.2, 0.25) is 0 Å². The van der Waals surface area contributed by atoms with Gasteiger partial charge in [0.25, 0.3) is 0 Å². The summed E-state index contributed by atoms with van der Waals surface area (Å²) >= 11 is 0. The Bertz CT molecular complexity index is 384. The molecule has 0 unspecified atom stereocenters. The molecule has 0 aromatic heterocycles. The fraction of sp³-hybridized carbons (Fsp3) is 0.250. The molecule has 0 atom stereocenters. The van der Waals surface area contributed by atoms with Crippen LogP contribution in [0.4, 0.5) is 0 Å². The van der Waals surface area contributed by atoms with Gasteiger partial charge in [-0.25, -0.2) is 4.67 Å². The molecule has 0 saturated heterocycles. The SMILES string of the molecule is C=COP(OC=C)N(CC)CC.C=COc1ccccc1. The molecule has 5 heteroatoms. The minimum Gasteiger partial charge on any atom is -0.466 e. The van der Waals surface area contributed by atoms with E-state index in [2.05, 4.69) is 38.3 Å². The summed E-state index contributed by atoms with van der Waals surface area (Å²) in [7, 11) is -1.03. The zero-order valence-electron chi connectivity index (χ0n) is 12.8. The first kappa shape index (κ1) is 19.2. The summed E-state index contributed by atoms with van der Waals surface area (Å²) in [6.45, 7) is 16.3. The molecule has 0 spiro atoms. The van der Waals surface area contributed by atoms with Gasteiger partial charge in [-0.3, -0.25) is 0 Å². The summed E-state index contributed by atoms with van der Waals surface area (Å²) in [5, 5.41) is 0. The van der Waals surface area contributed by atoms with Crippen molar-refractivity contribution in [1.82, 2.24) is 4.67 Å². The first-order chi connectivity index (χ1) is 10.2. The second kappa shape index (κ2) is 13.2. The van der Waals surface area contributed by atoms with E-state index in [1.165, 1.54) is 18.8 Å². The molecule has 0 radical (unpaired) electrons. The Morgan fingerprint density at radius 3 is 1.86 bits per heavy atom. The number of hydrogen-bond acceptors (Lipinski definition) is 4. The summed E-state index contributed by atoms with van der Waals surface area (Å²) in [6, 6.07) is 9.52. The Labute approximate surface area is 129 Å². The maximum absolute atomic E-state index is 5.19. The van der Waals surface area contributed by atoms with Crippen LogP contribution in [0.2, 0.25) is 0 Å². The molecule has 116 valence electrons. The average Bonchev–Trinajstić information content (AvgIpc) is 2.51. The number of rotatable bonds is 9. The molecule has 21 heavy (non-hydrogen) atoms. The minimum absolute atomic E-state index is 0.826. The Kier molecular flexibility index (Phi) is 12.1. The van der Waals surface area contributed by atoms with E-state index in [0.717, 1.165) is 18.8 Å². The highest BCUT2D eigenvalue weighted by molar-refractivity contribution is 7.44. The van der Waals surface area contributed by atoms with Crippen LogP contribution >= 0.6 is 8.53 Å². The van der Waals surface area contributed by atoms with Gasteiger partial charge in [0, 0.05) is 13.1 Å². The van der Waals surface area contributed by atoms with Gasteiger partial charge in [0.05, 0.1) is 18.8 Å². The quantitative estimate of drug-likeness (QED) is 0.470. The minimum atomic E-state index is -1.03. The van der Waals surface area contributed by atoms with Gasteiger partial charge in [-0.05, 0) is 12.1 Å². The van der Waals surface area contributed by atoms with Crippen molar-refractivity contribution >= 4 is 8.53 Å². The molecule has 1 aromatic rings. The van der Waals surface area contributed by atoms with Crippen molar-refractivity contribution in [3.63, 3.8) is 0 Å². The smallest absolute Gasteiger partial charge is 0.383 e. The zero-order chi connectivity index (χ0) is 15.9. The van der Waals surface area contributed by atoms with Crippen LogP contribution in [-0.2, 0) is 9.05 Å². The molecule has 0 bridgehead atoms. The lowest BCUT2D eigenvalue weighted by molar-refractivity contribution is 0.323. The maximum Gasteiger partial charge on any atom is 0.383 e. The van der Waals surface area contributed by atoms with Crippen molar-refractivity contribution in [2.24, 2.45) is 0 Å². The maximum atomic E-state index is 5.19. The van der Waals surface area contributed by atoms with Crippen molar-refractivity contribution < 1.29 is 13.8 Å². The van der Waals surface area contributed by atoms with Crippen molar-refractivity contribution in [3.8, 4) is 5.75 Å². The first-order valence-corrected chi connectivity index (χ1v) is 7.79. The highest BCUT2D eigenvalue weighted by Crippen LogP contribution is 2.42. The van der Waals surface area contributed by atoms with Crippen LogP contribution in [-0.4, -0.2) is 17.8 Å². The Balaban J connectivity index is 0.000000394. The molecule has 0 N–H and O–H groups in total. The van der Waals surface area contributed by atoms with E-state index >= 15 is 0 Å². The second-order valence-electron chi connectivity index (χ2n) is 3.52. The molecule has 0 aliphatic heterocycles. The van der Waals surface area contributed by atoms with Gasteiger partial charge >= 0.3 is 8.53 Å². The predicted octanol–water partition coefficient (Wildman–Crippen LogP) is 5.08. The van der Waals surface area contributed by atoms with E-state index in [9.17, 15) is 0 Å². The summed E-state index contributed by atoms with van der Waals surface area (Å²) in [6.07, 6.45) is 4.20. The van der Waals surface area contributed by atoms with Crippen LogP contribution in [0.3, 0.4) is 0 Å². The third kappa shape index (κ3) is 8.90. The lowest BCUT2D eigenvalue weighted by Gasteiger charge is -2.24. The lowest BCUT2D eigenvalue weighted by atomic mass is 10.3. The molecule has 4 nitrogen and oxygen atoms in total. The normalized spacial score (nSPS) is 9.33. The third-order valence-electron chi connectivity index (χ3n) is 2.25. The Morgan fingerprint density at radius 2 is 1.48 bits per heavy atom. The van der Waals surface area contributed by atoms with Crippen molar-refractivity contribution in [2.45, 2.75) is 13.8 Å². The van der Waals surface area contributed by atoms with Crippen molar-refractivity contribution in [1.29, 1.82) is 0 Å². The van der Waals surface area contributed by atoms with E-state index in [1.807, 2.05) is 30.3 Å². The van der Waals surface area contributed by atoms with Crippen LogP contribution < -0.4 is 4.74 Å². The molecule has 0 aliphatic rings. The van der Waals surface area contributed by atoms with Gasteiger partial charge in [-0.2, -0.15) is 0 Å². The van der Waals surface area contributed by atoms with Crippen LogP contribution in [0.5, 0.6) is 5.75 Å². The summed E-state index contributed by atoms with van der Waals surface area (Å²) in [4.78, 5) is 0. The Morgan fingerprint density at radius 1 is 0.952 bits per heavy atom. The molecular formula is C16H24NO3P. The topological polar surface area (TPSA) is 30.9 Å². The molecule has 0 fully saturated rings. The molecule has 1 aromatic carbocycles. The lowest BCUT2D eigenvalue weighted by Crippen LogP contribution is -2.17. The van der Waals surface area contributed by atoms with E-state index in [0.29, 0.717) is 0 Å².